The van der Waals surface area contributed by atoms with Gasteiger partial charge in [0, 0.05) is 17.8 Å². The minimum atomic E-state index is 0.487. The molecule has 0 aromatic carbocycles. The van der Waals surface area contributed by atoms with E-state index in [1.165, 1.54) is 32.0 Å². The molecular weight excluding hydrogens is 248 g/mol. The molecule has 0 aliphatic heterocycles. The van der Waals surface area contributed by atoms with Crippen LogP contribution in [0, 0.1) is 0 Å². The monoisotopic (exact) mass is 260 g/mol. The van der Waals surface area contributed by atoms with Crippen molar-refractivity contribution >= 4 is 11.6 Å². The lowest BCUT2D eigenvalue weighted by Gasteiger charge is -2.10. The molecule has 4 nitrogen and oxygen atoms in total. The summed E-state index contributed by atoms with van der Waals surface area (Å²) >= 11 is 6.08. The standard InChI is InChI=1S/C13H13ClN4/c14-12-7-11(9-3-1-2-4-9)17-13(18-12)10-5-6-15-8-16-10/h5-9H,1-4H2. The summed E-state index contributed by atoms with van der Waals surface area (Å²) in [6.45, 7) is 0. The summed E-state index contributed by atoms with van der Waals surface area (Å²) in [4.78, 5) is 16.9. The van der Waals surface area contributed by atoms with Crippen LogP contribution in [0.5, 0.6) is 0 Å². The van der Waals surface area contributed by atoms with E-state index in [9.17, 15) is 0 Å². The number of halogens is 1. The van der Waals surface area contributed by atoms with E-state index < -0.39 is 0 Å². The van der Waals surface area contributed by atoms with Crippen LogP contribution in [0.15, 0.2) is 24.7 Å². The Kier molecular flexibility index (Phi) is 3.19. The molecule has 3 rings (SSSR count). The van der Waals surface area contributed by atoms with E-state index >= 15 is 0 Å². The largest absolute Gasteiger partial charge is 0.245 e. The minimum Gasteiger partial charge on any atom is -0.245 e. The average molecular weight is 261 g/mol. The van der Waals surface area contributed by atoms with Gasteiger partial charge in [0.15, 0.2) is 5.82 Å². The summed E-state index contributed by atoms with van der Waals surface area (Å²) in [5.41, 5.74) is 1.76. The smallest absolute Gasteiger partial charge is 0.179 e. The highest BCUT2D eigenvalue weighted by Gasteiger charge is 2.20. The van der Waals surface area contributed by atoms with Crippen molar-refractivity contribution in [1.82, 2.24) is 19.9 Å². The van der Waals surface area contributed by atoms with Gasteiger partial charge in [-0.3, -0.25) is 0 Å². The maximum absolute atomic E-state index is 6.08. The van der Waals surface area contributed by atoms with Gasteiger partial charge in [-0.2, -0.15) is 0 Å². The van der Waals surface area contributed by atoms with Crippen molar-refractivity contribution in [3.05, 3.63) is 35.5 Å². The zero-order valence-electron chi connectivity index (χ0n) is 9.88. The van der Waals surface area contributed by atoms with E-state index in [1.54, 1.807) is 12.3 Å². The Balaban J connectivity index is 2.00. The molecule has 1 fully saturated rings. The van der Waals surface area contributed by atoms with Crippen molar-refractivity contribution in [2.75, 3.05) is 0 Å². The van der Waals surface area contributed by atoms with Gasteiger partial charge in [0.2, 0.25) is 0 Å². The average Bonchev–Trinajstić information content (AvgIpc) is 2.93. The van der Waals surface area contributed by atoms with Gasteiger partial charge in [0.05, 0.1) is 0 Å². The molecule has 1 saturated carbocycles. The van der Waals surface area contributed by atoms with Crippen molar-refractivity contribution in [2.45, 2.75) is 31.6 Å². The first-order valence-electron chi connectivity index (χ1n) is 6.14. The molecule has 0 spiro atoms. The molecule has 0 N–H and O–H groups in total. The third kappa shape index (κ3) is 2.34. The summed E-state index contributed by atoms with van der Waals surface area (Å²) in [6, 6.07) is 3.67. The highest BCUT2D eigenvalue weighted by Crippen LogP contribution is 2.34. The molecule has 0 radical (unpaired) electrons. The van der Waals surface area contributed by atoms with E-state index in [0.717, 1.165) is 5.69 Å². The molecule has 1 aliphatic rings. The van der Waals surface area contributed by atoms with E-state index in [0.29, 0.717) is 22.6 Å². The molecule has 0 unspecified atom stereocenters. The highest BCUT2D eigenvalue weighted by molar-refractivity contribution is 6.29. The summed E-state index contributed by atoms with van der Waals surface area (Å²) in [7, 11) is 0. The molecule has 5 heteroatoms. The molecule has 0 bridgehead atoms. The van der Waals surface area contributed by atoms with E-state index in [2.05, 4.69) is 19.9 Å². The van der Waals surface area contributed by atoms with Gasteiger partial charge in [-0.25, -0.2) is 19.9 Å². The topological polar surface area (TPSA) is 51.6 Å². The normalized spacial score (nSPS) is 16.1. The first-order chi connectivity index (χ1) is 8.83. The molecule has 18 heavy (non-hydrogen) atoms. The van der Waals surface area contributed by atoms with Crippen molar-refractivity contribution in [3.63, 3.8) is 0 Å². The third-order valence-electron chi connectivity index (χ3n) is 3.30. The second kappa shape index (κ2) is 4.98. The van der Waals surface area contributed by atoms with Crippen molar-refractivity contribution < 1.29 is 0 Å². The van der Waals surface area contributed by atoms with Gasteiger partial charge >= 0.3 is 0 Å². The molecular formula is C13H13ClN4. The Morgan fingerprint density at radius 1 is 1.17 bits per heavy atom. The van der Waals surface area contributed by atoms with E-state index in [1.807, 2.05) is 6.07 Å². The summed E-state index contributed by atoms with van der Waals surface area (Å²) in [5, 5.41) is 0.487. The van der Waals surface area contributed by atoms with Crippen LogP contribution in [0.2, 0.25) is 5.15 Å². The van der Waals surface area contributed by atoms with Crippen LogP contribution >= 0.6 is 11.6 Å². The quantitative estimate of drug-likeness (QED) is 0.778. The Morgan fingerprint density at radius 2 is 2.00 bits per heavy atom. The zero-order valence-corrected chi connectivity index (χ0v) is 10.6. The van der Waals surface area contributed by atoms with Crippen LogP contribution in [0.1, 0.15) is 37.3 Å². The van der Waals surface area contributed by atoms with Gasteiger partial charge in [-0.05, 0) is 25.0 Å². The van der Waals surface area contributed by atoms with Crippen molar-refractivity contribution in [1.29, 1.82) is 0 Å². The van der Waals surface area contributed by atoms with E-state index in [-0.39, 0.29) is 0 Å². The third-order valence-corrected chi connectivity index (χ3v) is 3.49. The van der Waals surface area contributed by atoms with Crippen LogP contribution in [-0.4, -0.2) is 19.9 Å². The molecule has 2 aromatic heterocycles. The predicted octanol–water partition coefficient (Wildman–Crippen LogP) is 3.24. The van der Waals surface area contributed by atoms with Crippen molar-refractivity contribution in [3.8, 4) is 11.5 Å². The fourth-order valence-corrected chi connectivity index (χ4v) is 2.60. The highest BCUT2D eigenvalue weighted by atomic mass is 35.5. The second-order valence-corrected chi connectivity index (χ2v) is 4.90. The van der Waals surface area contributed by atoms with Gasteiger partial charge < -0.3 is 0 Å². The molecule has 2 aromatic rings. The van der Waals surface area contributed by atoms with Crippen LogP contribution in [0.3, 0.4) is 0 Å². The summed E-state index contributed by atoms with van der Waals surface area (Å²) in [5.74, 6) is 1.11. The Morgan fingerprint density at radius 3 is 2.72 bits per heavy atom. The summed E-state index contributed by atoms with van der Waals surface area (Å²) < 4.78 is 0. The van der Waals surface area contributed by atoms with Gasteiger partial charge in [0.1, 0.15) is 17.2 Å². The number of hydrogen-bond donors (Lipinski definition) is 0. The SMILES string of the molecule is Clc1cc(C2CCCC2)nc(-c2ccncn2)n1. The maximum atomic E-state index is 6.08. The van der Waals surface area contributed by atoms with Gasteiger partial charge in [-0.15, -0.1) is 0 Å². The van der Waals surface area contributed by atoms with Crippen LogP contribution < -0.4 is 0 Å². The van der Waals surface area contributed by atoms with Gasteiger partial charge in [-0.1, -0.05) is 24.4 Å². The number of aromatic nitrogens is 4. The molecule has 0 amide bonds. The van der Waals surface area contributed by atoms with Gasteiger partial charge in [0.25, 0.3) is 0 Å². The van der Waals surface area contributed by atoms with Crippen molar-refractivity contribution in [2.24, 2.45) is 0 Å². The predicted molar refractivity (Wildman–Crippen MR) is 69.3 cm³/mol. The number of rotatable bonds is 2. The second-order valence-electron chi connectivity index (χ2n) is 4.52. The lowest BCUT2D eigenvalue weighted by Crippen LogP contribution is -2.01. The lowest BCUT2D eigenvalue weighted by atomic mass is 10.0. The summed E-state index contributed by atoms with van der Waals surface area (Å²) in [6.07, 6.45) is 8.11. The first-order valence-corrected chi connectivity index (χ1v) is 6.51. The zero-order chi connectivity index (χ0) is 12.4. The first kappa shape index (κ1) is 11.5. The van der Waals surface area contributed by atoms with Crippen LogP contribution in [0.4, 0.5) is 0 Å². The number of hydrogen-bond acceptors (Lipinski definition) is 4. The fourth-order valence-electron chi connectivity index (χ4n) is 2.40. The molecule has 92 valence electrons. The van der Waals surface area contributed by atoms with Crippen LogP contribution in [-0.2, 0) is 0 Å². The molecule has 2 heterocycles. The Hall–Kier alpha value is -1.55. The Bertz CT molecular complexity index is 538. The minimum absolute atomic E-state index is 0.487. The van der Waals surface area contributed by atoms with Crippen LogP contribution in [0.25, 0.3) is 11.5 Å². The van der Waals surface area contributed by atoms with E-state index in [4.69, 9.17) is 11.6 Å². The maximum Gasteiger partial charge on any atom is 0.179 e. The Labute approximate surface area is 110 Å². The molecule has 1 aliphatic carbocycles. The fraction of sp³-hybridized carbons (Fsp3) is 0.385. The molecule has 0 atom stereocenters. The molecule has 0 saturated heterocycles. The number of nitrogens with zero attached hydrogens (tertiary/aromatic N) is 4. The lowest BCUT2D eigenvalue weighted by molar-refractivity contribution is 0.695.